The van der Waals surface area contributed by atoms with Gasteiger partial charge in [-0.15, -0.1) is 0 Å². The second-order valence-corrected chi connectivity index (χ2v) is 5.10. The lowest BCUT2D eigenvalue weighted by molar-refractivity contribution is -0.128. The lowest BCUT2D eigenvalue weighted by Crippen LogP contribution is -2.03. The van der Waals surface area contributed by atoms with E-state index < -0.39 is 0 Å². The maximum Gasteiger partial charge on any atom is 0.336 e. The minimum absolute atomic E-state index is 0.369. The van der Waals surface area contributed by atoms with Crippen molar-refractivity contribution in [3.05, 3.63) is 70.9 Å². The number of fused-ring (bicyclic) bond motifs is 1. The van der Waals surface area contributed by atoms with Crippen LogP contribution in [0.25, 0.3) is 16.8 Å². The topological polar surface area (TPSA) is 26.3 Å². The van der Waals surface area contributed by atoms with E-state index in [1.165, 1.54) is 6.08 Å². The van der Waals surface area contributed by atoms with Crippen molar-refractivity contribution in [2.24, 2.45) is 0 Å². The molecule has 0 unspecified atom stereocenters. The Morgan fingerprint density at radius 3 is 2.70 bits per heavy atom. The van der Waals surface area contributed by atoms with Crippen LogP contribution in [0.5, 0.6) is 5.75 Å². The zero-order valence-corrected chi connectivity index (χ0v) is 11.5. The van der Waals surface area contributed by atoms with Crippen molar-refractivity contribution in [3.63, 3.8) is 0 Å². The summed E-state index contributed by atoms with van der Waals surface area (Å²) in [5.74, 6) is 0.190. The summed E-state index contributed by atoms with van der Waals surface area (Å²) in [5.41, 5.74) is 1.01. The molecule has 2 aromatic carbocycles. The van der Waals surface area contributed by atoms with Crippen LogP contribution in [0.15, 0.2) is 65.4 Å². The molecule has 0 aliphatic carbocycles. The second-order valence-electron chi connectivity index (χ2n) is 4.32. The molecular weight excluding hydrogens is 268 g/mol. The number of ether oxygens (including phenoxy) is 1. The molecule has 0 aliphatic rings. The lowest BCUT2D eigenvalue weighted by Gasteiger charge is -2.03. The predicted molar refractivity (Wildman–Crippen MR) is 82.9 cm³/mol. The van der Waals surface area contributed by atoms with Crippen LogP contribution in [0, 0.1) is 0 Å². The minimum atomic E-state index is -0.369. The summed E-state index contributed by atoms with van der Waals surface area (Å²) in [7, 11) is 0. The summed E-state index contributed by atoms with van der Waals surface area (Å²) in [6.07, 6.45) is 3.19. The van der Waals surface area contributed by atoms with Crippen molar-refractivity contribution in [3.8, 4) is 5.75 Å². The van der Waals surface area contributed by atoms with Crippen molar-refractivity contribution in [1.29, 1.82) is 0 Å². The van der Waals surface area contributed by atoms with Gasteiger partial charge < -0.3 is 4.74 Å². The van der Waals surface area contributed by atoms with E-state index in [1.807, 2.05) is 53.2 Å². The molecule has 0 saturated heterocycles. The molecule has 0 spiro atoms. The fraction of sp³-hybridized carbons (Fsp3) is 0. The third kappa shape index (κ3) is 2.95. The van der Waals surface area contributed by atoms with E-state index in [-0.39, 0.29) is 5.97 Å². The monoisotopic (exact) mass is 280 g/mol. The van der Waals surface area contributed by atoms with E-state index in [0.717, 1.165) is 16.3 Å². The number of esters is 1. The van der Waals surface area contributed by atoms with Crippen LogP contribution < -0.4 is 4.74 Å². The van der Waals surface area contributed by atoms with Crippen LogP contribution in [0.3, 0.4) is 0 Å². The number of rotatable bonds is 3. The van der Waals surface area contributed by atoms with Crippen LogP contribution in [0.4, 0.5) is 0 Å². The van der Waals surface area contributed by atoms with E-state index >= 15 is 0 Å². The van der Waals surface area contributed by atoms with Crippen LogP contribution >= 0.6 is 11.3 Å². The largest absolute Gasteiger partial charge is 0.423 e. The van der Waals surface area contributed by atoms with Gasteiger partial charge in [0.15, 0.2) is 0 Å². The van der Waals surface area contributed by atoms with Crippen molar-refractivity contribution in [2.75, 3.05) is 0 Å². The normalized spacial score (nSPS) is 11.0. The number of carbonyl (C=O) groups is 1. The van der Waals surface area contributed by atoms with E-state index in [1.54, 1.807) is 23.5 Å². The highest BCUT2D eigenvalue weighted by Gasteiger charge is 2.01. The van der Waals surface area contributed by atoms with E-state index in [2.05, 4.69) is 0 Å². The average Bonchev–Trinajstić information content (AvgIpc) is 2.98. The summed E-state index contributed by atoms with van der Waals surface area (Å²) in [6.45, 7) is 0. The van der Waals surface area contributed by atoms with Gasteiger partial charge in [0.25, 0.3) is 0 Å². The second kappa shape index (κ2) is 5.72. The van der Waals surface area contributed by atoms with Gasteiger partial charge in [-0.3, -0.25) is 0 Å². The summed E-state index contributed by atoms with van der Waals surface area (Å²) < 4.78 is 5.30. The number of thiophene rings is 1. The van der Waals surface area contributed by atoms with E-state index in [0.29, 0.717) is 5.75 Å². The first-order valence-corrected chi connectivity index (χ1v) is 7.16. The molecule has 0 fully saturated rings. The zero-order chi connectivity index (χ0) is 13.8. The molecule has 3 aromatic rings. The van der Waals surface area contributed by atoms with Crippen molar-refractivity contribution in [2.45, 2.75) is 0 Å². The van der Waals surface area contributed by atoms with Gasteiger partial charge in [-0.25, -0.2) is 4.79 Å². The molecule has 0 aliphatic heterocycles. The van der Waals surface area contributed by atoms with Gasteiger partial charge in [-0.05, 0) is 51.4 Å². The number of hydrogen-bond donors (Lipinski definition) is 0. The molecule has 1 aromatic heterocycles. The molecule has 0 bridgehead atoms. The highest BCUT2D eigenvalue weighted by molar-refractivity contribution is 7.08. The smallest absolute Gasteiger partial charge is 0.336 e. The Labute approximate surface area is 120 Å². The van der Waals surface area contributed by atoms with Crippen molar-refractivity contribution in [1.82, 2.24) is 0 Å². The maximum absolute atomic E-state index is 11.7. The molecule has 98 valence electrons. The molecule has 0 radical (unpaired) electrons. The Morgan fingerprint density at radius 1 is 1.05 bits per heavy atom. The Bertz CT molecular complexity index is 758. The molecule has 20 heavy (non-hydrogen) atoms. The van der Waals surface area contributed by atoms with Crippen molar-refractivity contribution >= 4 is 34.2 Å². The Kier molecular flexibility index (Phi) is 3.61. The highest BCUT2D eigenvalue weighted by atomic mass is 32.1. The van der Waals surface area contributed by atoms with Crippen molar-refractivity contribution < 1.29 is 9.53 Å². The first kappa shape index (κ1) is 12.6. The summed E-state index contributed by atoms with van der Waals surface area (Å²) >= 11 is 1.59. The molecule has 3 heteroatoms. The Hall–Kier alpha value is -2.39. The third-order valence-electron chi connectivity index (χ3n) is 2.89. The summed E-state index contributed by atoms with van der Waals surface area (Å²) in [6, 6.07) is 15.5. The van der Waals surface area contributed by atoms with Gasteiger partial charge >= 0.3 is 5.97 Å². The third-order valence-corrected chi connectivity index (χ3v) is 3.60. The molecule has 2 nitrogen and oxygen atoms in total. The fourth-order valence-electron chi connectivity index (χ4n) is 1.92. The van der Waals surface area contributed by atoms with Gasteiger partial charge in [-0.2, -0.15) is 11.3 Å². The molecule has 0 amide bonds. The Morgan fingerprint density at radius 2 is 1.90 bits per heavy atom. The summed E-state index contributed by atoms with van der Waals surface area (Å²) in [4.78, 5) is 11.7. The quantitative estimate of drug-likeness (QED) is 0.400. The maximum atomic E-state index is 11.7. The van der Waals surface area contributed by atoms with E-state index in [4.69, 9.17) is 4.74 Å². The molecule has 0 atom stereocenters. The molecular formula is C17H12O2S. The van der Waals surface area contributed by atoms with Crippen LogP contribution in [-0.4, -0.2) is 5.97 Å². The molecule has 1 heterocycles. The number of carbonyl (C=O) groups excluding carboxylic acids is 1. The first-order valence-electron chi connectivity index (χ1n) is 6.22. The van der Waals surface area contributed by atoms with Gasteiger partial charge in [0.2, 0.25) is 0 Å². The van der Waals surface area contributed by atoms with Gasteiger partial charge in [0.1, 0.15) is 5.75 Å². The van der Waals surface area contributed by atoms with Crippen LogP contribution in [-0.2, 0) is 4.79 Å². The molecule has 0 saturated carbocycles. The van der Waals surface area contributed by atoms with E-state index in [9.17, 15) is 4.79 Å². The fourth-order valence-corrected chi connectivity index (χ4v) is 2.54. The van der Waals surface area contributed by atoms with Gasteiger partial charge in [0, 0.05) is 6.08 Å². The zero-order valence-electron chi connectivity index (χ0n) is 10.7. The SMILES string of the molecule is O=C(/C=C\c1ccsc1)Oc1ccc2ccccc2c1. The van der Waals surface area contributed by atoms with Crippen LogP contribution in [0.2, 0.25) is 0 Å². The first-order chi connectivity index (χ1) is 9.81. The average molecular weight is 280 g/mol. The minimum Gasteiger partial charge on any atom is -0.423 e. The predicted octanol–water partition coefficient (Wildman–Crippen LogP) is 4.52. The summed E-state index contributed by atoms with van der Waals surface area (Å²) in [5, 5.41) is 6.12. The Balaban J connectivity index is 1.74. The van der Waals surface area contributed by atoms with Gasteiger partial charge in [0.05, 0.1) is 0 Å². The molecule has 3 rings (SSSR count). The molecule has 0 N–H and O–H groups in total. The standard InChI is InChI=1S/C17H12O2S/c18-17(8-5-13-9-10-20-12-13)19-16-7-6-14-3-1-2-4-15(14)11-16/h1-12H/b8-5-. The number of benzene rings is 2. The van der Waals surface area contributed by atoms with Gasteiger partial charge in [-0.1, -0.05) is 30.3 Å². The lowest BCUT2D eigenvalue weighted by atomic mass is 10.1. The highest BCUT2D eigenvalue weighted by Crippen LogP contribution is 2.20. The van der Waals surface area contributed by atoms with Crippen LogP contribution in [0.1, 0.15) is 5.56 Å². The number of hydrogen-bond acceptors (Lipinski definition) is 3.